The first-order valence-electron chi connectivity index (χ1n) is 8.23. The fourth-order valence-electron chi connectivity index (χ4n) is 2.93. The molecule has 0 radical (unpaired) electrons. The van der Waals surface area contributed by atoms with E-state index < -0.39 is 0 Å². The minimum absolute atomic E-state index is 0.0156. The van der Waals surface area contributed by atoms with Crippen LogP contribution in [-0.2, 0) is 22.6 Å². The normalized spacial score (nSPS) is 17.2. The predicted octanol–water partition coefficient (Wildman–Crippen LogP) is 2.60. The maximum atomic E-state index is 13.0. The second kappa shape index (κ2) is 7.57. The van der Waals surface area contributed by atoms with Gasteiger partial charge < -0.3 is 14.2 Å². The Labute approximate surface area is 141 Å². The van der Waals surface area contributed by atoms with E-state index in [2.05, 4.69) is 4.98 Å². The first kappa shape index (κ1) is 16.6. The molecule has 0 bridgehead atoms. The van der Waals surface area contributed by atoms with E-state index in [9.17, 15) is 9.18 Å². The number of imidazole rings is 1. The van der Waals surface area contributed by atoms with E-state index in [1.807, 2.05) is 10.8 Å². The molecule has 1 aliphatic rings. The van der Waals surface area contributed by atoms with Crippen LogP contribution in [0.1, 0.15) is 31.2 Å². The van der Waals surface area contributed by atoms with Gasteiger partial charge in [-0.05, 0) is 30.5 Å². The second-order valence-electron chi connectivity index (χ2n) is 6.13. The molecule has 6 heteroatoms. The topological polar surface area (TPSA) is 47.4 Å². The molecule has 24 heavy (non-hydrogen) atoms. The van der Waals surface area contributed by atoms with E-state index in [0.717, 1.165) is 30.8 Å². The standard InChI is InChI=1S/C18H22FN3O2/c1-14(23)22(12-17-3-2-10-24-17)13-18-20-8-9-21(18)11-15-4-6-16(19)7-5-15/h4-9,17H,2-3,10-13H2,1H3/t17-/m0/s1. The molecule has 1 aromatic carbocycles. The van der Waals surface area contributed by atoms with Gasteiger partial charge in [0, 0.05) is 39.0 Å². The number of halogens is 1. The SMILES string of the molecule is CC(=O)N(Cc1nccn1Cc1ccc(F)cc1)C[C@@H]1CCCO1. The molecule has 2 aromatic rings. The quantitative estimate of drug-likeness (QED) is 0.817. The van der Waals surface area contributed by atoms with Crippen LogP contribution >= 0.6 is 0 Å². The lowest BCUT2D eigenvalue weighted by Crippen LogP contribution is -2.36. The van der Waals surface area contributed by atoms with Crippen LogP contribution < -0.4 is 0 Å². The average molecular weight is 331 g/mol. The van der Waals surface area contributed by atoms with Crippen molar-refractivity contribution in [3.8, 4) is 0 Å². The maximum Gasteiger partial charge on any atom is 0.219 e. The van der Waals surface area contributed by atoms with Crippen LogP contribution in [0.2, 0.25) is 0 Å². The number of benzene rings is 1. The molecular weight excluding hydrogens is 309 g/mol. The van der Waals surface area contributed by atoms with E-state index in [4.69, 9.17) is 4.74 Å². The Morgan fingerprint density at radius 3 is 2.88 bits per heavy atom. The summed E-state index contributed by atoms with van der Waals surface area (Å²) in [5, 5.41) is 0. The number of hydrogen-bond donors (Lipinski definition) is 0. The molecule has 0 N–H and O–H groups in total. The molecule has 1 saturated heterocycles. The largest absolute Gasteiger partial charge is 0.376 e. The van der Waals surface area contributed by atoms with Crippen LogP contribution in [-0.4, -0.2) is 39.6 Å². The summed E-state index contributed by atoms with van der Waals surface area (Å²) in [7, 11) is 0. The third-order valence-corrected chi connectivity index (χ3v) is 4.29. The van der Waals surface area contributed by atoms with Crippen molar-refractivity contribution in [2.75, 3.05) is 13.2 Å². The predicted molar refractivity (Wildman–Crippen MR) is 87.8 cm³/mol. The van der Waals surface area contributed by atoms with Crippen LogP contribution in [0.4, 0.5) is 4.39 Å². The molecule has 0 saturated carbocycles. The number of carbonyl (C=O) groups is 1. The minimum atomic E-state index is -0.246. The van der Waals surface area contributed by atoms with Crippen molar-refractivity contribution in [2.45, 2.75) is 39.0 Å². The molecule has 3 rings (SSSR count). The molecule has 1 aliphatic heterocycles. The molecule has 128 valence electrons. The number of aromatic nitrogens is 2. The molecule has 1 aromatic heterocycles. The monoisotopic (exact) mass is 331 g/mol. The highest BCUT2D eigenvalue weighted by Gasteiger charge is 2.22. The average Bonchev–Trinajstić information content (AvgIpc) is 3.21. The Morgan fingerprint density at radius 2 is 2.21 bits per heavy atom. The van der Waals surface area contributed by atoms with E-state index in [1.54, 1.807) is 30.2 Å². The Kier molecular flexibility index (Phi) is 5.25. The van der Waals surface area contributed by atoms with E-state index in [-0.39, 0.29) is 17.8 Å². The Morgan fingerprint density at radius 1 is 1.42 bits per heavy atom. The summed E-state index contributed by atoms with van der Waals surface area (Å²) >= 11 is 0. The highest BCUT2D eigenvalue weighted by Crippen LogP contribution is 2.15. The number of hydrogen-bond acceptors (Lipinski definition) is 3. The summed E-state index contributed by atoms with van der Waals surface area (Å²) in [4.78, 5) is 18.1. The van der Waals surface area contributed by atoms with Crippen molar-refractivity contribution in [1.82, 2.24) is 14.5 Å². The summed E-state index contributed by atoms with van der Waals surface area (Å²) in [6.07, 6.45) is 5.77. The number of nitrogens with zero attached hydrogens (tertiary/aromatic N) is 3. The van der Waals surface area contributed by atoms with Gasteiger partial charge >= 0.3 is 0 Å². The Hall–Kier alpha value is -2.21. The molecule has 0 spiro atoms. The summed E-state index contributed by atoms with van der Waals surface area (Å²) in [6.45, 7) is 3.99. The summed E-state index contributed by atoms with van der Waals surface area (Å²) < 4.78 is 20.6. The fraction of sp³-hybridized carbons (Fsp3) is 0.444. The van der Waals surface area contributed by atoms with Crippen molar-refractivity contribution in [2.24, 2.45) is 0 Å². The van der Waals surface area contributed by atoms with Crippen molar-refractivity contribution in [1.29, 1.82) is 0 Å². The van der Waals surface area contributed by atoms with Gasteiger partial charge in [0.1, 0.15) is 11.6 Å². The lowest BCUT2D eigenvalue weighted by molar-refractivity contribution is -0.131. The zero-order valence-corrected chi connectivity index (χ0v) is 13.8. The number of rotatable bonds is 6. The molecule has 1 atom stereocenters. The van der Waals surface area contributed by atoms with Gasteiger partial charge in [0.15, 0.2) is 0 Å². The van der Waals surface area contributed by atoms with Crippen LogP contribution in [0.5, 0.6) is 0 Å². The van der Waals surface area contributed by atoms with Gasteiger partial charge in [0.25, 0.3) is 0 Å². The van der Waals surface area contributed by atoms with Gasteiger partial charge in [-0.15, -0.1) is 0 Å². The Bertz CT molecular complexity index is 678. The van der Waals surface area contributed by atoms with Gasteiger partial charge in [-0.2, -0.15) is 0 Å². The van der Waals surface area contributed by atoms with Gasteiger partial charge in [0.05, 0.1) is 12.6 Å². The lowest BCUT2D eigenvalue weighted by Gasteiger charge is -2.24. The van der Waals surface area contributed by atoms with Crippen LogP contribution in [0.25, 0.3) is 0 Å². The molecule has 2 heterocycles. The molecule has 1 amide bonds. The van der Waals surface area contributed by atoms with Crippen molar-refractivity contribution in [3.05, 3.63) is 53.9 Å². The highest BCUT2D eigenvalue weighted by atomic mass is 19.1. The van der Waals surface area contributed by atoms with Gasteiger partial charge in [-0.1, -0.05) is 12.1 Å². The lowest BCUT2D eigenvalue weighted by atomic mass is 10.2. The molecular formula is C18H22FN3O2. The third-order valence-electron chi connectivity index (χ3n) is 4.29. The summed E-state index contributed by atoms with van der Waals surface area (Å²) in [5.74, 6) is 0.582. The van der Waals surface area contributed by atoms with E-state index in [0.29, 0.717) is 19.6 Å². The van der Waals surface area contributed by atoms with Crippen molar-refractivity contribution in [3.63, 3.8) is 0 Å². The van der Waals surface area contributed by atoms with Crippen LogP contribution in [0.15, 0.2) is 36.7 Å². The first-order valence-corrected chi connectivity index (χ1v) is 8.23. The zero-order chi connectivity index (χ0) is 16.9. The van der Waals surface area contributed by atoms with E-state index in [1.165, 1.54) is 12.1 Å². The van der Waals surface area contributed by atoms with Crippen molar-refractivity contribution < 1.29 is 13.9 Å². The molecule has 0 aliphatic carbocycles. The van der Waals surface area contributed by atoms with Crippen LogP contribution in [0, 0.1) is 5.82 Å². The minimum Gasteiger partial charge on any atom is -0.376 e. The van der Waals surface area contributed by atoms with Crippen molar-refractivity contribution >= 4 is 5.91 Å². The highest BCUT2D eigenvalue weighted by molar-refractivity contribution is 5.73. The molecule has 0 unspecified atom stereocenters. The van der Waals surface area contributed by atoms with Crippen LogP contribution in [0.3, 0.4) is 0 Å². The number of carbonyl (C=O) groups excluding carboxylic acids is 1. The van der Waals surface area contributed by atoms with Gasteiger partial charge in [-0.25, -0.2) is 9.37 Å². The number of amides is 1. The maximum absolute atomic E-state index is 13.0. The fourth-order valence-corrected chi connectivity index (χ4v) is 2.93. The Balaban J connectivity index is 1.68. The van der Waals surface area contributed by atoms with E-state index >= 15 is 0 Å². The second-order valence-corrected chi connectivity index (χ2v) is 6.13. The molecule has 5 nitrogen and oxygen atoms in total. The third kappa shape index (κ3) is 4.20. The van der Waals surface area contributed by atoms with Gasteiger partial charge in [0.2, 0.25) is 5.91 Å². The zero-order valence-electron chi connectivity index (χ0n) is 13.8. The smallest absolute Gasteiger partial charge is 0.219 e. The number of ether oxygens (including phenoxy) is 1. The summed E-state index contributed by atoms with van der Waals surface area (Å²) in [6, 6.07) is 6.42. The first-order chi connectivity index (χ1) is 11.6. The van der Waals surface area contributed by atoms with Gasteiger partial charge in [-0.3, -0.25) is 4.79 Å². The summed E-state index contributed by atoms with van der Waals surface area (Å²) in [5.41, 5.74) is 0.990. The molecule has 1 fully saturated rings.